The lowest BCUT2D eigenvalue weighted by molar-refractivity contribution is 0.413. The van der Waals surface area contributed by atoms with Gasteiger partial charge in [-0.3, -0.25) is 4.99 Å². The molecule has 0 saturated heterocycles. The molecule has 0 saturated carbocycles. The molecule has 2 rings (SSSR count). The number of hydrogen-bond acceptors (Lipinski definition) is 5. The Balaban J connectivity index is 2.31. The highest BCUT2D eigenvalue weighted by molar-refractivity contribution is 5.67. The summed E-state index contributed by atoms with van der Waals surface area (Å²) in [6, 6.07) is 7.47. The van der Waals surface area contributed by atoms with Gasteiger partial charge >= 0.3 is 0 Å². The van der Waals surface area contributed by atoms with E-state index in [1.54, 1.807) is 19.4 Å². The molecule has 0 atom stereocenters. The molecule has 1 aromatic heterocycles. The zero-order valence-electron chi connectivity index (χ0n) is 12.1. The highest BCUT2D eigenvalue weighted by Gasteiger charge is 2.12. The molecule has 1 heterocycles. The Morgan fingerprint density at radius 3 is 3.05 bits per heavy atom. The molecule has 0 spiro atoms. The van der Waals surface area contributed by atoms with Crippen LogP contribution >= 0.6 is 0 Å². The molecule has 0 aliphatic rings. The molecule has 21 heavy (non-hydrogen) atoms. The van der Waals surface area contributed by atoms with Crippen LogP contribution in [0.5, 0.6) is 5.75 Å². The summed E-state index contributed by atoms with van der Waals surface area (Å²) in [5.74, 6) is 1.70. The van der Waals surface area contributed by atoms with Gasteiger partial charge in [0.2, 0.25) is 5.82 Å². The van der Waals surface area contributed by atoms with Crippen LogP contribution in [0.4, 0.5) is 0 Å². The minimum atomic E-state index is 0.444. The number of aliphatic imine (C=N–C) groups is 1. The van der Waals surface area contributed by atoms with E-state index in [0.717, 1.165) is 16.9 Å². The van der Waals surface area contributed by atoms with Crippen LogP contribution in [0.15, 0.2) is 52.5 Å². The molecule has 0 N–H and O–H groups in total. The Labute approximate surface area is 123 Å². The Morgan fingerprint density at radius 2 is 2.33 bits per heavy atom. The van der Waals surface area contributed by atoms with Gasteiger partial charge in [0.1, 0.15) is 5.75 Å². The first-order valence-corrected chi connectivity index (χ1v) is 6.53. The molecule has 0 aliphatic heterocycles. The third-order valence-electron chi connectivity index (χ3n) is 2.79. The van der Waals surface area contributed by atoms with E-state index >= 15 is 0 Å². The SMILES string of the molecule is C=C/C=C(\CN=CC)c1noc(-c2cccc(OC)c2)n1. The van der Waals surface area contributed by atoms with Crippen molar-refractivity contribution in [3.63, 3.8) is 0 Å². The van der Waals surface area contributed by atoms with Crippen molar-refractivity contribution < 1.29 is 9.26 Å². The summed E-state index contributed by atoms with van der Waals surface area (Å²) in [7, 11) is 1.62. The van der Waals surface area contributed by atoms with E-state index in [9.17, 15) is 0 Å². The van der Waals surface area contributed by atoms with E-state index in [-0.39, 0.29) is 0 Å². The van der Waals surface area contributed by atoms with Gasteiger partial charge in [0.05, 0.1) is 13.7 Å². The minimum Gasteiger partial charge on any atom is -0.497 e. The van der Waals surface area contributed by atoms with E-state index in [1.165, 1.54) is 0 Å². The summed E-state index contributed by atoms with van der Waals surface area (Å²) in [5, 5.41) is 4.00. The third-order valence-corrected chi connectivity index (χ3v) is 2.79. The highest BCUT2D eigenvalue weighted by Crippen LogP contribution is 2.23. The average Bonchev–Trinajstić information content (AvgIpc) is 3.01. The second kappa shape index (κ2) is 7.19. The molecular weight excluding hydrogens is 266 g/mol. The number of ether oxygens (including phenoxy) is 1. The van der Waals surface area contributed by atoms with Crippen LogP contribution in [0.25, 0.3) is 17.0 Å². The normalized spacial score (nSPS) is 11.8. The summed E-state index contributed by atoms with van der Waals surface area (Å²) in [6.07, 6.45) is 5.25. The summed E-state index contributed by atoms with van der Waals surface area (Å²) >= 11 is 0. The van der Waals surface area contributed by atoms with Crippen LogP contribution in [0.2, 0.25) is 0 Å². The second-order valence-electron chi connectivity index (χ2n) is 4.18. The van der Waals surface area contributed by atoms with Crippen LogP contribution in [-0.2, 0) is 0 Å². The van der Waals surface area contributed by atoms with Gasteiger partial charge in [-0.2, -0.15) is 4.98 Å². The van der Waals surface area contributed by atoms with Crippen LogP contribution < -0.4 is 4.74 Å². The molecule has 2 aromatic rings. The number of aromatic nitrogens is 2. The Bertz CT molecular complexity index is 672. The quantitative estimate of drug-likeness (QED) is 0.602. The molecule has 0 amide bonds. The predicted molar refractivity (Wildman–Crippen MR) is 83.5 cm³/mol. The van der Waals surface area contributed by atoms with Crippen molar-refractivity contribution in [3.05, 3.63) is 48.8 Å². The molecule has 0 fully saturated rings. The van der Waals surface area contributed by atoms with Crippen LogP contribution in [0.1, 0.15) is 12.7 Å². The van der Waals surface area contributed by atoms with Gasteiger partial charge in [-0.05, 0) is 31.3 Å². The smallest absolute Gasteiger partial charge is 0.258 e. The Morgan fingerprint density at radius 1 is 1.48 bits per heavy atom. The van der Waals surface area contributed by atoms with Gasteiger partial charge in [-0.25, -0.2) is 0 Å². The van der Waals surface area contributed by atoms with Crippen LogP contribution in [-0.4, -0.2) is 30.0 Å². The number of nitrogens with zero attached hydrogens (tertiary/aromatic N) is 3. The van der Waals surface area contributed by atoms with Crippen molar-refractivity contribution >= 4 is 11.8 Å². The predicted octanol–water partition coefficient (Wildman–Crippen LogP) is 3.41. The Kier molecular flexibility index (Phi) is 5.04. The number of rotatable bonds is 6. The first-order chi connectivity index (χ1) is 10.3. The van der Waals surface area contributed by atoms with Crippen molar-refractivity contribution in [1.82, 2.24) is 10.1 Å². The van der Waals surface area contributed by atoms with Crippen molar-refractivity contribution in [1.29, 1.82) is 0 Å². The maximum absolute atomic E-state index is 5.31. The second-order valence-corrected chi connectivity index (χ2v) is 4.18. The molecule has 5 nitrogen and oxygen atoms in total. The van der Waals surface area contributed by atoms with Gasteiger partial charge in [-0.15, -0.1) is 0 Å². The van der Waals surface area contributed by atoms with Gasteiger partial charge in [0.25, 0.3) is 5.89 Å². The lowest BCUT2D eigenvalue weighted by Gasteiger charge is -1.99. The van der Waals surface area contributed by atoms with Crippen LogP contribution in [0.3, 0.4) is 0 Å². The molecule has 0 radical (unpaired) electrons. The van der Waals surface area contributed by atoms with E-state index in [1.807, 2.05) is 37.3 Å². The molecule has 1 aromatic carbocycles. The molecular formula is C16H17N3O2. The zero-order chi connectivity index (χ0) is 15.1. The third kappa shape index (κ3) is 3.66. The van der Waals surface area contributed by atoms with E-state index in [0.29, 0.717) is 18.3 Å². The van der Waals surface area contributed by atoms with Crippen molar-refractivity contribution in [3.8, 4) is 17.2 Å². The standard InChI is InChI=1S/C16H17N3O2/c1-4-7-13(11-17-5-2)15-18-16(21-19-15)12-8-6-9-14(10-12)20-3/h4-10H,1,11H2,2-3H3/b13-7+,17-5?. The maximum atomic E-state index is 5.31. The lowest BCUT2D eigenvalue weighted by atomic mass is 10.2. The van der Waals surface area contributed by atoms with E-state index < -0.39 is 0 Å². The monoisotopic (exact) mass is 283 g/mol. The molecule has 0 aliphatic carbocycles. The van der Waals surface area contributed by atoms with Crippen molar-refractivity contribution in [2.45, 2.75) is 6.92 Å². The van der Waals surface area contributed by atoms with E-state index in [2.05, 4.69) is 21.7 Å². The fourth-order valence-corrected chi connectivity index (χ4v) is 1.76. The number of allylic oxidation sites excluding steroid dienone is 2. The van der Waals surface area contributed by atoms with Crippen molar-refractivity contribution in [2.75, 3.05) is 13.7 Å². The largest absolute Gasteiger partial charge is 0.497 e. The molecule has 5 heteroatoms. The summed E-state index contributed by atoms with van der Waals surface area (Å²) in [6.45, 7) is 6.04. The number of hydrogen-bond donors (Lipinski definition) is 0. The number of methoxy groups -OCH3 is 1. The fourth-order valence-electron chi connectivity index (χ4n) is 1.76. The van der Waals surface area contributed by atoms with Crippen molar-refractivity contribution in [2.24, 2.45) is 4.99 Å². The lowest BCUT2D eigenvalue weighted by Crippen LogP contribution is -1.92. The van der Waals surface area contributed by atoms with Gasteiger partial charge in [0.15, 0.2) is 0 Å². The van der Waals surface area contributed by atoms with Gasteiger partial charge in [-0.1, -0.05) is 30.0 Å². The molecule has 108 valence electrons. The first kappa shape index (κ1) is 14.7. The van der Waals surface area contributed by atoms with Gasteiger partial charge < -0.3 is 9.26 Å². The molecule has 0 unspecified atom stereocenters. The average molecular weight is 283 g/mol. The Hall–Kier alpha value is -2.69. The van der Waals surface area contributed by atoms with Crippen LogP contribution in [0, 0.1) is 0 Å². The summed E-state index contributed by atoms with van der Waals surface area (Å²) in [5.41, 5.74) is 1.66. The number of benzene rings is 1. The highest BCUT2D eigenvalue weighted by atomic mass is 16.5. The van der Waals surface area contributed by atoms with Gasteiger partial charge in [0, 0.05) is 11.1 Å². The topological polar surface area (TPSA) is 60.5 Å². The fraction of sp³-hybridized carbons (Fsp3) is 0.188. The maximum Gasteiger partial charge on any atom is 0.258 e. The first-order valence-electron chi connectivity index (χ1n) is 6.53. The summed E-state index contributed by atoms with van der Waals surface area (Å²) < 4.78 is 10.5. The summed E-state index contributed by atoms with van der Waals surface area (Å²) in [4.78, 5) is 8.60. The van der Waals surface area contributed by atoms with E-state index in [4.69, 9.17) is 9.26 Å². The zero-order valence-corrected chi connectivity index (χ0v) is 12.1. The molecule has 0 bridgehead atoms. The minimum absolute atomic E-state index is 0.444.